The van der Waals surface area contributed by atoms with Crippen LogP contribution in [0.5, 0.6) is 0 Å². The monoisotopic (exact) mass is 380 g/mol. The van der Waals surface area contributed by atoms with E-state index in [-0.39, 0.29) is 0 Å². The van der Waals surface area contributed by atoms with Crippen LogP contribution in [0.2, 0.25) is 0 Å². The summed E-state index contributed by atoms with van der Waals surface area (Å²) in [6.07, 6.45) is 16.2. The minimum absolute atomic E-state index is 0.400. The second-order valence-electron chi connectivity index (χ2n) is 11.0. The van der Waals surface area contributed by atoms with Crippen LogP contribution in [0.3, 0.4) is 0 Å². The number of hydrogen-bond acceptors (Lipinski definition) is 2. The Morgan fingerprint density at radius 3 is 1.96 bits per heavy atom. The van der Waals surface area contributed by atoms with Gasteiger partial charge in [-0.2, -0.15) is 0 Å². The van der Waals surface area contributed by atoms with Gasteiger partial charge in [0.2, 0.25) is 0 Å². The lowest BCUT2D eigenvalue weighted by Gasteiger charge is -2.44. The van der Waals surface area contributed by atoms with Crippen LogP contribution in [0.1, 0.15) is 119 Å². The van der Waals surface area contributed by atoms with Crippen molar-refractivity contribution in [3.05, 3.63) is 0 Å². The first-order valence-corrected chi connectivity index (χ1v) is 12.2. The zero-order valence-electron chi connectivity index (χ0n) is 19.6. The van der Waals surface area contributed by atoms with Crippen LogP contribution in [0.4, 0.5) is 0 Å². The molecule has 4 unspecified atom stereocenters. The third-order valence-electron chi connectivity index (χ3n) is 7.63. The smallest absolute Gasteiger partial charge is 0.00698 e. The molecule has 1 saturated carbocycles. The van der Waals surface area contributed by atoms with Crippen LogP contribution >= 0.6 is 0 Å². The van der Waals surface area contributed by atoms with Crippen LogP contribution < -0.4 is 11.5 Å². The summed E-state index contributed by atoms with van der Waals surface area (Å²) in [5.41, 5.74) is 13.0. The Kier molecular flexibility index (Phi) is 11.5. The molecule has 4 N–H and O–H groups in total. The van der Waals surface area contributed by atoms with Gasteiger partial charge in [-0.15, -0.1) is 0 Å². The Morgan fingerprint density at radius 2 is 1.41 bits per heavy atom. The third-order valence-corrected chi connectivity index (χ3v) is 7.63. The Hall–Kier alpha value is -0.0800. The highest BCUT2D eigenvalue weighted by Crippen LogP contribution is 2.44. The minimum Gasteiger partial charge on any atom is -0.327 e. The van der Waals surface area contributed by atoms with Crippen molar-refractivity contribution in [2.24, 2.45) is 40.6 Å². The van der Waals surface area contributed by atoms with Crippen molar-refractivity contribution >= 4 is 0 Å². The first kappa shape index (κ1) is 25.0. The van der Waals surface area contributed by atoms with Crippen molar-refractivity contribution in [3.63, 3.8) is 0 Å². The summed E-state index contributed by atoms with van der Waals surface area (Å²) in [4.78, 5) is 0. The quantitative estimate of drug-likeness (QED) is 0.341. The zero-order chi connectivity index (χ0) is 20.4. The molecule has 1 rings (SSSR count). The van der Waals surface area contributed by atoms with Gasteiger partial charge in [-0.25, -0.2) is 0 Å². The van der Waals surface area contributed by atoms with Crippen molar-refractivity contribution in [3.8, 4) is 0 Å². The molecule has 0 saturated heterocycles. The lowest BCUT2D eigenvalue weighted by atomic mass is 9.63. The molecule has 1 aliphatic rings. The van der Waals surface area contributed by atoms with Crippen molar-refractivity contribution in [1.29, 1.82) is 0 Å². The van der Waals surface area contributed by atoms with E-state index >= 15 is 0 Å². The van der Waals surface area contributed by atoms with Gasteiger partial charge in [0.15, 0.2) is 0 Å². The Labute approximate surface area is 171 Å². The summed E-state index contributed by atoms with van der Waals surface area (Å²) >= 11 is 0. The topological polar surface area (TPSA) is 52.0 Å². The molecule has 0 amide bonds. The lowest BCUT2D eigenvalue weighted by Crippen LogP contribution is -2.42. The summed E-state index contributed by atoms with van der Waals surface area (Å²) in [7, 11) is 0. The number of hydrogen-bond donors (Lipinski definition) is 2. The molecule has 1 aliphatic carbocycles. The minimum atomic E-state index is 0.400. The van der Waals surface area contributed by atoms with Gasteiger partial charge in [-0.05, 0) is 61.2 Å². The van der Waals surface area contributed by atoms with Gasteiger partial charge in [0, 0.05) is 12.1 Å². The normalized spacial score (nSPS) is 25.3. The van der Waals surface area contributed by atoms with E-state index in [0.29, 0.717) is 23.4 Å². The van der Waals surface area contributed by atoms with E-state index in [4.69, 9.17) is 11.5 Å². The van der Waals surface area contributed by atoms with Crippen LogP contribution in [0.25, 0.3) is 0 Å². The standard InChI is InChI=1S/C25H52N2/c1-19(2)22-18-21(15-16-24(22)27)25(5,6)17-13-11-9-7-8-10-12-14-23(26)20(3)4/h19-24H,7-18,26-27H2,1-6H3. The van der Waals surface area contributed by atoms with E-state index in [0.717, 1.165) is 17.8 Å². The number of rotatable bonds is 13. The van der Waals surface area contributed by atoms with Crippen LogP contribution in [0.15, 0.2) is 0 Å². The fraction of sp³-hybridized carbons (Fsp3) is 1.00. The molecule has 4 atom stereocenters. The Balaban J connectivity index is 2.13. The van der Waals surface area contributed by atoms with E-state index in [1.807, 2.05) is 0 Å². The van der Waals surface area contributed by atoms with Crippen molar-refractivity contribution in [2.75, 3.05) is 0 Å². The van der Waals surface area contributed by atoms with Gasteiger partial charge in [-0.3, -0.25) is 0 Å². The summed E-state index contributed by atoms with van der Waals surface area (Å²) in [6.45, 7) is 14.2. The van der Waals surface area contributed by atoms with Crippen LogP contribution in [-0.4, -0.2) is 12.1 Å². The Bertz CT molecular complexity index is 375. The molecule has 0 aromatic rings. The SMILES string of the molecule is CC(C)C(N)CCCCCCCCCC(C)(C)C1CCC(N)C(C(C)C)C1. The van der Waals surface area contributed by atoms with E-state index < -0.39 is 0 Å². The van der Waals surface area contributed by atoms with E-state index in [2.05, 4.69) is 41.5 Å². The summed E-state index contributed by atoms with van der Waals surface area (Å²) in [5, 5.41) is 0. The average molecular weight is 381 g/mol. The lowest BCUT2D eigenvalue weighted by molar-refractivity contribution is 0.0831. The van der Waals surface area contributed by atoms with E-state index in [9.17, 15) is 0 Å². The number of nitrogens with two attached hydrogens (primary N) is 2. The molecule has 0 aliphatic heterocycles. The first-order chi connectivity index (χ1) is 12.6. The largest absolute Gasteiger partial charge is 0.327 e. The maximum Gasteiger partial charge on any atom is 0.00698 e. The van der Waals surface area contributed by atoms with Crippen molar-refractivity contribution in [2.45, 2.75) is 131 Å². The first-order valence-electron chi connectivity index (χ1n) is 12.2. The fourth-order valence-corrected chi connectivity index (χ4v) is 5.09. The maximum atomic E-state index is 6.40. The number of unbranched alkanes of at least 4 members (excludes halogenated alkanes) is 6. The Morgan fingerprint density at radius 1 is 0.852 bits per heavy atom. The summed E-state index contributed by atoms with van der Waals surface area (Å²) in [6, 6.07) is 0.837. The van der Waals surface area contributed by atoms with Gasteiger partial charge in [0.1, 0.15) is 0 Å². The molecule has 162 valence electrons. The van der Waals surface area contributed by atoms with Crippen LogP contribution in [-0.2, 0) is 0 Å². The van der Waals surface area contributed by atoms with Gasteiger partial charge >= 0.3 is 0 Å². The second kappa shape index (κ2) is 12.5. The second-order valence-corrected chi connectivity index (χ2v) is 11.0. The predicted octanol–water partition coefficient (Wildman–Crippen LogP) is 6.91. The maximum absolute atomic E-state index is 6.40. The van der Waals surface area contributed by atoms with Gasteiger partial charge in [-0.1, -0.05) is 86.5 Å². The van der Waals surface area contributed by atoms with Crippen molar-refractivity contribution < 1.29 is 0 Å². The predicted molar refractivity (Wildman–Crippen MR) is 122 cm³/mol. The molecule has 2 heteroatoms. The van der Waals surface area contributed by atoms with Gasteiger partial charge < -0.3 is 11.5 Å². The van der Waals surface area contributed by atoms with E-state index in [1.54, 1.807) is 0 Å². The molecule has 0 heterocycles. The fourth-order valence-electron chi connectivity index (χ4n) is 5.09. The highest BCUT2D eigenvalue weighted by molar-refractivity contribution is 4.90. The summed E-state index contributed by atoms with van der Waals surface area (Å²) < 4.78 is 0. The van der Waals surface area contributed by atoms with Gasteiger partial charge in [0.25, 0.3) is 0 Å². The third kappa shape index (κ3) is 9.31. The molecular formula is C25H52N2. The van der Waals surface area contributed by atoms with Crippen LogP contribution in [0, 0.1) is 29.1 Å². The highest BCUT2D eigenvalue weighted by Gasteiger charge is 2.37. The summed E-state index contributed by atoms with van der Waals surface area (Å²) in [5.74, 6) is 2.96. The molecule has 0 radical (unpaired) electrons. The zero-order valence-corrected chi connectivity index (χ0v) is 19.6. The van der Waals surface area contributed by atoms with Crippen molar-refractivity contribution in [1.82, 2.24) is 0 Å². The highest BCUT2D eigenvalue weighted by atomic mass is 14.7. The average Bonchev–Trinajstić information content (AvgIpc) is 2.59. The molecule has 27 heavy (non-hydrogen) atoms. The van der Waals surface area contributed by atoms with E-state index in [1.165, 1.54) is 77.0 Å². The molecule has 0 aromatic heterocycles. The van der Waals surface area contributed by atoms with Gasteiger partial charge in [0.05, 0.1) is 0 Å². The molecule has 0 aromatic carbocycles. The molecular weight excluding hydrogens is 328 g/mol. The molecule has 1 fully saturated rings. The molecule has 0 bridgehead atoms. The molecule has 0 spiro atoms. The molecule has 2 nitrogen and oxygen atoms in total.